The number of hydrogen-bond donors (Lipinski definition) is 0. The monoisotopic (exact) mass is 206 g/mol. The topological polar surface area (TPSA) is 16.1 Å². The van der Waals surface area contributed by atoms with Gasteiger partial charge in [-0.2, -0.15) is 0 Å². The van der Waals surface area contributed by atoms with E-state index in [9.17, 15) is 0 Å². The molecule has 0 aliphatic carbocycles. The van der Waals surface area contributed by atoms with E-state index in [0.29, 0.717) is 0 Å². The Hall–Kier alpha value is -0.850. The lowest BCUT2D eigenvalue weighted by molar-refractivity contribution is 0.255. The first-order chi connectivity index (χ1) is 6.95. The molecule has 2 nitrogen and oxygen atoms in total. The summed E-state index contributed by atoms with van der Waals surface area (Å²) in [5, 5.41) is 2.90. The highest BCUT2D eigenvalue weighted by molar-refractivity contribution is 7.10. The Morgan fingerprint density at radius 2 is 2.21 bits per heavy atom. The van der Waals surface area contributed by atoms with Crippen molar-refractivity contribution in [3.8, 4) is 11.8 Å². The molecule has 1 aliphatic heterocycles. The summed E-state index contributed by atoms with van der Waals surface area (Å²) in [6, 6.07) is 0. The van der Waals surface area contributed by atoms with Gasteiger partial charge in [-0.05, 0) is 31.9 Å². The minimum Gasteiger partial charge on any atom is -0.292 e. The first-order valence-electron chi connectivity index (χ1n) is 5.06. The number of piperidine rings is 1. The van der Waals surface area contributed by atoms with Crippen LogP contribution in [0, 0.1) is 11.8 Å². The minimum absolute atomic E-state index is 0.902. The fraction of sp³-hybridized carbons (Fsp3) is 0.545. The molecule has 0 aromatic carbocycles. The van der Waals surface area contributed by atoms with Crippen LogP contribution in [0.25, 0.3) is 0 Å². The second kappa shape index (κ2) is 5.14. The fourth-order valence-electron chi connectivity index (χ4n) is 1.63. The van der Waals surface area contributed by atoms with E-state index in [1.807, 2.05) is 5.38 Å². The summed E-state index contributed by atoms with van der Waals surface area (Å²) in [4.78, 5) is 6.55. The maximum Gasteiger partial charge on any atom is 0.166 e. The van der Waals surface area contributed by atoms with Gasteiger partial charge in [0, 0.05) is 11.6 Å². The Kier molecular flexibility index (Phi) is 3.56. The summed E-state index contributed by atoms with van der Waals surface area (Å²) in [6.45, 7) is 3.33. The quantitative estimate of drug-likeness (QED) is 0.653. The zero-order valence-corrected chi connectivity index (χ0v) is 9.02. The Labute approximate surface area is 89.0 Å². The van der Waals surface area contributed by atoms with Gasteiger partial charge < -0.3 is 0 Å². The molecule has 0 unspecified atom stereocenters. The van der Waals surface area contributed by atoms with Crippen LogP contribution in [0.15, 0.2) is 11.6 Å². The van der Waals surface area contributed by atoms with Gasteiger partial charge in [-0.25, -0.2) is 4.98 Å². The molecular formula is C11H14N2S. The van der Waals surface area contributed by atoms with Gasteiger partial charge in [-0.3, -0.25) is 4.90 Å². The number of aromatic nitrogens is 1. The summed E-state index contributed by atoms with van der Waals surface area (Å²) in [5.74, 6) is 6.27. The largest absolute Gasteiger partial charge is 0.292 e. The van der Waals surface area contributed by atoms with E-state index in [-0.39, 0.29) is 0 Å². The van der Waals surface area contributed by atoms with Crippen LogP contribution in [0.2, 0.25) is 0 Å². The minimum atomic E-state index is 0.902. The van der Waals surface area contributed by atoms with Gasteiger partial charge in [-0.15, -0.1) is 11.3 Å². The number of likely N-dealkylation sites (tertiary alicyclic amines) is 1. The Balaban J connectivity index is 1.80. The lowest BCUT2D eigenvalue weighted by Gasteiger charge is -2.23. The first kappa shape index (κ1) is 9.70. The lowest BCUT2D eigenvalue weighted by atomic mass is 10.1. The predicted molar refractivity (Wildman–Crippen MR) is 59.3 cm³/mol. The smallest absolute Gasteiger partial charge is 0.166 e. The van der Waals surface area contributed by atoms with Crippen molar-refractivity contribution in [3.05, 3.63) is 16.6 Å². The molecule has 74 valence electrons. The molecule has 1 aromatic heterocycles. The molecule has 0 bridgehead atoms. The molecule has 1 aliphatic rings. The van der Waals surface area contributed by atoms with Crippen LogP contribution >= 0.6 is 11.3 Å². The number of hydrogen-bond acceptors (Lipinski definition) is 3. The zero-order chi connectivity index (χ0) is 9.64. The van der Waals surface area contributed by atoms with Crippen LogP contribution in [-0.2, 0) is 0 Å². The van der Waals surface area contributed by atoms with Crippen LogP contribution in [-0.4, -0.2) is 29.5 Å². The van der Waals surface area contributed by atoms with Crippen LogP contribution in [0.5, 0.6) is 0 Å². The van der Waals surface area contributed by atoms with Crippen molar-refractivity contribution in [1.29, 1.82) is 0 Å². The van der Waals surface area contributed by atoms with E-state index >= 15 is 0 Å². The van der Waals surface area contributed by atoms with E-state index in [1.54, 1.807) is 17.5 Å². The standard InChI is InChI=1S/C11H14N2S/c1-2-7-13(8-3-1)9-4-5-11-12-6-10-14-11/h6,10H,1-3,7-9H2. The maximum absolute atomic E-state index is 4.13. The summed E-state index contributed by atoms with van der Waals surface area (Å²) in [6.07, 6.45) is 5.85. The van der Waals surface area contributed by atoms with E-state index in [0.717, 1.165) is 11.6 Å². The summed E-state index contributed by atoms with van der Waals surface area (Å²) < 4.78 is 0. The SMILES string of the molecule is C(#Cc1nccs1)CN1CCCCC1. The molecule has 0 atom stereocenters. The van der Waals surface area contributed by atoms with Crippen LogP contribution < -0.4 is 0 Å². The number of thiazole rings is 1. The molecule has 2 heterocycles. The van der Waals surface area contributed by atoms with Gasteiger partial charge in [0.25, 0.3) is 0 Å². The molecular weight excluding hydrogens is 192 g/mol. The molecule has 3 heteroatoms. The van der Waals surface area contributed by atoms with Crippen molar-refractivity contribution in [2.75, 3.05) is 19.6 Å². The molecule has 1 aromatic rings. The van der Waals surface area contributed by atoms with Gasteiger partial charge in [0.05, 0.1) is 6.54 Å². The molecule has 14 heavy (non-hydrogen) atoms. The lowest BCUT2D eigenvalue weighted by Crippen LogP contribution is -2.29. The summed E-state index contributed by atoms with van der Waals surface area (Å²) in [7, 11) is 0. The van der Waals surface area contributed by atoms with Crippen LogP contribution in [0.3, 0.4) is 0 Å². The highest BCUT2D eigenvalue weighted by Gasteiger charge is 2.07. The normalized spacial score (nSPS) is 17.4. The van der Waals surface area contributed by atoms with E-state index in [1.165, 1.54) is 32.4 Å². The molecule has 1 fully saturated rings. The zero-order valence-electron chi connectivity index (χ0n) is 8.20. The van der Waals surface area contributed by atoms with Gasteiger partial charge in [0.15, 0.2) is 5.01 Å². The predicted octanol–water partition coefficient (Wildman–Crippen LogP) is 1.98. The van der Waals surface area contributed by atoms with Gasteiger partial charge >= 0.3 is 0 Å². The molecule has 0 spiro atoms. The second-order valence-corrected chi connectivity index (χ2v) is 4.37. The van der Waals surface area contributed by atoms with Gasteiger partial charge in [0.2, 0.25) is 0 Å². The average Bonchev–Trinajstić information content (AvgIpc) is 2.72. The van der Waals surface area contributed by atoms with Crippen molar-refractivity contribution in [3.63, 3.8) is 0 Å². The number of nitrogens with zero attached hydrogens (tertiary/aromatic N) is 2. The molecule has 1 saturated heterocycles. The Bertz CT molecular complexity index is 315. The third-order valence-corrected chi connectivity index (χ3v) is 3.07. The second-order valence-electron chi connectivity index (χ2n) is 3.48. The van der Waals surface area contributed by atoms with E-state index < -0.39 is 0 Å². The van der Waals surface area contributed by atoms with Crippen molar-refractivity contribution in [2.24, 2.45) is 0 Å². The maximum atomic E-state index is 4.13. The van der Waals surface area contributed by atoms with E-state index in [2.05, 4.69) is 21.7 Å². The van der Waals surface area contributed by atoms with Gasteiger partial charge in [-0.1, -0.05) is 12.3 Å². The first-order valence-corrected chi connectivity index (χ1v) is 5.94. The molecule has 0 radical (unpaired) electrons. The van der Waals surface area contributed by atoms with Crippen LogP contribution in [0.1, 0.15) is 24.3 Å². The Morgan fingerprint density at radius 3 is 2.93 bits per heavy atom. The third kappa shape index (κ3) is 2.83. The average molecular weight is 206 g/mol. The van der Waals surface area contributed by atoms with E-state index in [4.69, 9.17) is 0 Å². The van der Waals surface area contributed by atoms with Gasteiger partial charge in [0.1, 0.15) is 0 Å². The summed E-state index contributed by atoms with van der Waals surface area (Å²) in [5.41, 5.74) is 0. The molecule has 2 rings (SSSR count). The van der Waals surface area contributed by atoms with Crippen molar-refractivity contribution < 1.29 is 0 Å². The third-order valence-electron chi connectivity index (χ3n) is 2.38. The molecule has 0 amide bonds. The summed E-state index contributed by atoms with van der Waals surface area (Å²) >= 11 is 1.61. The van der Waals surface area contributed by atoms with Crippen LogP contribution in [0.4, 0.5) is 0 Å². The molecule has 0 saturated carbocycles. The highest BCUT2D eigenvalue weighted by atomic mass is 32.1. The highest BCUT2D eigenvalue weighted by Crippen LogP contribution is 2.07. The Morgan fingerprint density at radius 1 is 1.36 bits per heavy atom. The van der Waals surface area contributed by atoms with Crippen molar-refractivity contribution in [1.82, 2.24) is 9.88 Å². The fourth-order valence-corrected chi connectivity index (χ4v) is 2.13. The molecule has 0 N–H and O–H groups in total. The van der Waals surface area contributed by atoms with Crippen molar-refractivity contribution in [2.45, 2.75) is 19.3 Å². The van der Waals surface area contributed by atoms with Crippen molar-refractivity contribution >= 4 is 11.3 Å². The number of rotatable bonds is 1.